The molecule has 4 nitrogen and oxygen atoms in total. The quantitative estimate of drug-likeness (QED) is 0.615. The minimum Gasteiger partial charge on any atom is -0.379 e. The first-order valence-corrected chi connectivity index (χ1v) is 5.32. The highest BCUT2D eigenvalue weighted by atomic mass is 16.5. The van der Waals surface area contributed by atoms with E-state index >= 15 is 0 Å². The Morgan fingerprint density at radius 2 is 2.40 bits per heavy atom. The molecule has 1 saturated heterocycles. The third-order valence-electron chi connectivity index (χ3n) is 2.44. The Morgan fingerprint density at radius 1 is 1.60 bits per heavy atom. The van der Waals surface area contributed by atoms with Crippen molar-refractivity contribution in [3.05, 3.63) is 0 Å². The molecule has 0 aromatic rings. The van der Waals surface area contributed by atoms with Crippen LogP contribution in [0.3, 0.4) is 0 Å². The van der Waals surface area contributed by atoms with Crippen LogP contribution in [0.25, 0.3) is 0 Å². The highest BCUT2D eigenvalue weighted by molar-refractivity contribution is 5.80. The van der Waals surface area contributed by atoms with Crippen molar-refractivity contribution in [2.24, 2.45) is 5.92 Å². The number of hydrogen-bond donors (Lipinski definition) is 2. The first kappa shape index (κ1) is 12.0. The molecule has 0 aromatic carbocycles. The van der Waals surface area contributed by atoms with Gasteiger partial charge >= 0.3 is 0 Å². The molecule has 1 aliphatic heterocycles. The standard InChI is InChI=1S/C11H18N2O2/c1-3-5-12-10-8-15-7-9(10)11(14)13-6-4-2/h2,9-10,12H,3,5-8H2,1H3,(H,13,14). The zero-order chi connectivity index (χ0) is 11.1. The third kappa shape index (κ3) is 3.54. The molecule has 84 valence electrons. The molecule has 0 radical (unpaired) electrons. The largest absolute Gasteiger partial charge is 0.379 e. The molecule has 1 fully saturated rings. The average Bonchev–Trinajstić information content (AvgIpc) is 2.71. The fraction of sp³-hybridized carbons (Fsp3) is 0.727. The van der Waals surface area contributed by atoms with Crippen molar-refractivity contribution >= 4 is 5.91 Å². The molecule has 1 aliphatic rings. The summed E-state index contributed by atoms with van der Waals surface area (Å²) >= 11 is 0. The lowest BCUT2D eigenvalue weighted by molar-refractivity contribution is -0.125. The van der Waals surface area contributed by atoms with Gasteiger partial charge in [0.1, 0.15) is 0 Å². The second kappa shape index (κ2) is 6.44. The van der Waals surface area contributed by atoms with Gasteiger partial charge in [0.15, 0.2) is 0 Å². The Hall–Kier alpha value is -1.05. The molecule has 1 heterocycles. The second-order valence-corrected chi connectivity index (χ2v) is 3.63. The monoisotopic (exact) mass is 210 g/mol. The molecule has 0 spiro atoms. The van der Waals surface area contributed by atoms with Gasteiger partial charge in [-0.3, -0.25) is 4.79 Å². The van der Waals surface area contributed by atoms with Gasteiger partial charge in [0.25, 0.3) is 0 Å². The maximum atomic E-state index is 11.7. The predicted octanol–water partition coefficient (Wildman–Crippen LogP) is -0.250. The van der Waals surface area contributed by atoms with E-state index in [0.717, 1.165) is 13.0 Å². The van der Waals surface area contributed by atoms with E-state index in [2.05, 4.69) is 23.5 Å². The van der Waals surface area contributed by atoms with E-state index in [1.807, 2.05) is 0 Å². The number of rotatable bonds is 5. The molecule has 0 aromatic heterocycles. The molecular formula is C11H18N2O2. The minimum atomic E-state index is -0.107. The molecule has 4 heteroatoms. The van der Waals surface area contributed by atoms with Crippen molar-refractivity contribution in [1.29, 1.82) is 0 Å². The van der Waals surface area contributed by atoms with E-state index in [1.54, 1.807) is 0 Å². The van der Waals surface area contributed by atoms with Gasteiger partial charge < -0.3 is 15.4 Å². The summed E-state index contributed by atoms with van der Waals surface area (Å²) in [4.78, 5) is 11.7. The first-order chi connectivity index (χ1) is 7.29. The van der Waals surface area contributed by atoms with Gasteiger partial charge in [0.2, 0.25) is 5.91 Å². The SMILES string of the molecule is C#CCNC(=O)C1COCC1NCCC. The summed E-state index contributed by atoms with van der Waals surface area (Å²) in [5, 5.41) is 5.99. The van der Waals surface area contributed by atoms with Crippen molar-refractivity contribution in [2.45, 2.75) is 19.4 Å². The van der Waals surface area contributed by atoms with Crippen molar-refractivity contribution in [1.82, 2.24) is 10.6 Å². The van der Waals surface area contributed by atoms with Gasteiger partial charge in [-0.05, 0) is 13.0 Å². The van der Waals surface area contributed by atoms with E-state index in [9.17, 15) is 4.79 Å². The van der Waals surface area contributed by atoms with Gasteiger partial charge in [-0.1, -0.05) is 12.8 Å². The Balaban J connectivity index is 2.38. The Bertz CT molecular complexity index is 247. The van der Waals surface area contributed by atoms with Gasteiger partial charge in [-0.25, -0.2) is 0 Å². The Morgan fingerprint density at radius 3 is 3.07 bits per heavy atom. The van der Waals surface area contributed by atoms with E-state index in [0.29, 0.717) is 13.2 Å². The molecule has 0 aliphatic carbocycles. The van der Waals surface area contributed by atoms with Crippen LogP contribution in [0.2, 0.25) is 0 Å². The van der Waals surface area contributed by atoms with Gasteiger partial charge in [0.05, 0.1) is 25.7 Å². The molecule has 2 unspecified atom stereocenters. The molecule has 1 rings (SSSR count). The summed E-state index contributed by atoms with van der Waals surface area (Å²) in [6, 6.07) is 0.128. The van der Waals surface area contributed by atoms with Crippen LogP contribution in [0.4, 0.5) is 0 Å². The van der Waals surface area contributed by atoms with Crippen LogP contribution in [-0.2, 0) is 9.53 Å². The van der Waals surface area contributed by atoms with Crippen molar-refractivity contribution < 1.29 is 9.53 Å². The zero-order valence-electron chi connectivity index (χ0n) is 9.08. The Labute approximate surface area is 90.8 Å². The van der Waals surface area contributed by atoms with Crippen molar-refractivity contribution in [3.8, 4) is 12.3 Å². The van der Waals surface area contributed by atoms with E-state index < -0.39 is 0 Å². The number of amides is 1. The topological polar surface area (TPSA) is 50.4 Å². The smallest absolute Gasteiger partial charge is 0.227 e. The zero-order valence-corrected chi connectivity index (χ0v) is 9.08. The predicted molar refractivity (Wildman–Crippen MR) is 58.2 cm³/mol. The van der Waals surface area contributed by atoms with Gasteiger partial charge in [-0.15, -0.1) is 6.42 Å². The molecular weight excluding hydrogens is 192 g/mol. The first-order valence-electron chi connectivity index (χ1n) is 5.32. The van der Waals surface area contributed by atoms with E-state index in [1.165, 1.54) is 0 Å². The molecule has 0 bridgehead atoms. The summed E-state index contributed by atoms with van der Waals surface area (Å²) in [5.74, 6) is 2.27. The highest BCUT2D eigenvalue weighted by Crippen LogP contribution is 2.13. The van der Waals surface area contributed by atoms with Gasteiger partial charge in [-0.2, -0.15) is 0 Å². The number of carbonyl (C=O) groups is 1. The molecule has 0 saturated carbocycles. The number of terminal acetylenes is 1. The second-order valence-electron chi connectivity index (χ2n) is 3.63. The summed E-state index contributed by atoms with van der Waals surface area (Å²) in [6.45, 7) is 4.38. The van der Waals surface area contributed by atoms with Crippen LogP contribution >= 0.6 is 0 Å². The highest BCUT2D eigenvalue weighted by Gasteiger charge is 2.33. The fourth-order valence-corrected chi connectivity index (χ4v) is 1.61. The minimum absolute atomic E-state index is 0.0148. The summed E-state index contributed by atoms with van der Waals surface area (Å²) in [6.07, 6.45) is 6.13. The molecule has 15 heavy (non-hydrogen) atoms. The Kier molecular flexibility index (Phi) is 5.16. The van der Waals surface area contributed by atoms with Gasteiger partial charge in [0, 0.05) is 6.04 Å². The van der Waals surface area contributed by atoms with Crippen LogP contribution in [-0.4, -0.2) is 38.3 Å². The van der Waals surface area contributed by atoms with Crippen molar-refractivity contribution in [3.63, 3.8) is 0 Å². The third-order valence-corrected chi connectivity index (χ3v) is 2.44. The van der Waals surface area contributed by atoms with Crippen LogP contribution in [0.15, 0.2) is 0 Å². The molecule has 2 atom stereocenters. The number of ether oxygens (including phenoxy) is 1. The number of nitrogens with one attached hydrogen (secondary N) is 2. The van der Waals surface area contributed by atoms with Crippen LogP contribution < -0.4 is 10.6 Å². The van der Waals surface area contributed by atoms with E-state index in [-0.39, 0.29) is 24.4 Å². The lowest BCUT2D eigenvalue weighted by Gasteiger charge is -2.17. The maximum Gasteiger partial charge on any atom is 0.227 e. The lowest BCUT2D eigenvalue weighted by Crippen LogP contribution is -2.44. The van der Waals surface area contributed by atoms with Crippen LogP contribution in [0.1, 0.15) is 13.3 Å². The van der Waals surface area contributed by atoms with E-state index in [4.69, 9.17) is 11.2 Å². The average molecular weight is 210 g/mol. The lowest BCUT2D eigenvalue weighted by atomic mass is 10.0. The van der Waals surface area contributed by atoms with Crippen LogP contribution in [0, 0.1) is 18.3 Å². The summed E-state index contributed by atoms with van der Waals surface area (Å²) in [7, 11) is 0. The maximum absolute atomic E-state index is 11.7. The molecule has 1 amide bonds. The number of carbonyl (C=O) groups excluding carboxylic acids is 1. The van der Waals surface area contributed by atoms with Crippen molar-refractivity contribution in [2.75, 3.05) is 26.3 Å². The molecule has 2 N–H and O–H groups in total. The summed E-state index contributed by atoms with van der Waals surface area (Å²) < 4.78 is 5.29. The number of hydrogen-bond acceptors (Lipinski definition) is 3. The normalized spacial score (nSPS) is 24.8. The fourth-order valence-electron chi connectivity index (χ4n) is 1.61. The summed E-state index contributed by atoms with van der Waals surface area (Å²) in [5.41, 5.74) is 0. The van der Waals surface area contributed by atoms with Crippen LogP contribution in [0.5, 0.6) is 0 Å².